The Kier molecular flexibility index (Phi) is 5.96. The topological polar surface area (TPSA) is 105 Å². The monoisotopic (exact) mass is 457 g/mol. The summed E-state index contributed by atoms with van der Waals surface area (Å²) in [5, 5.41) is 5.67. The third kappa shape index (κ3) is 4.35. The highest BCUT2D eigenvalue weighted by Crippen LogP contribution is 2.33. The molecule has 0 spiro atoms. The summed E-state index contributed by atoms with van der Waals surface area (Å²) in [6.45, 7) is 6.05. The van der Waals surface area contributed by atoms with Gasteiger partial charge in [-0.2, -0.15) is 4.31 Å². The summed E-state index contributed by atoms with van der Waals surface area (Å²) in [7, 11) is -3.75. The van der Waals surface area contributed by atoms with Gasteiger partial charge in [-0.25, -0.2) is 8.42 Å². The molecule has 2 aliphatic rings. The van der Waals surface area contributed by atoms with Crippen molar-refractivity contribution in [1.29, 1.82) is 0 Å². The molecule has 32 heavy (non-hydrogen) atoms. The van der Waals surface area contributed by atoms with E-state index in [9.17, 15) is 18.0 Å². The first-order valence-electron chi connectivity index (χ1n) is 10.6. The number of hydrogen-bond donors (Lipinski definition) is 2. The number of nitrogens with zero attached hydrogens (tertiary/aromatic N) is 1. The number of carbonyl (C=O) groups excluding carboxylic acids is 2. The fraction of sp³-hybridized carbons (Fsp3) is 0.391. The van der Waals surface area contributed by atoms with Crippen molar-refractivity contribution in [2.75, 3.05) is 23.7 Å². The Hall–Kier alpha value is -2.91. The van der Waals surface area contributed by atoms with Crippen LogP contribution in [0, 0.1) is 19.8 Å². The second-order valence-electron chi connectivity index (χ2n) is 8.39. The van der Waals surface area contributed by atoms with Crippen molar-refractivity contribution in [3.63, 3.8) is 0 Å². The van der Waals surface area contributed by atoms with Crippen LogP contribution < -0.4 is 15.4 Å². The minimum atomic E-state index is -3.75. The van der Waals surface area contributed by atoms with E-state index in [2.05, 4.69) is 10.6 Å². The Morgan fingerprint density at radius 3 is 2.56 bits per heavy atom. The number of rotatable bonds is 4. The van der Waals surface area contributed by atoms with E-state index in [0.29, 0.717) is 24.3 Å². The van der Waals surface area contributed by atoms with Crippen LogP contribution in [0.15, 0.2) is 41.3 Å². The molecule has 8 nitrogen and oxygen atoms in total. The van der Waals surface area contributed by atoms with E-state index in [-0.39, 0.29) is 35.7 Å². The van der Waals surface area contributed by atoms with E-state index in [0.717, 1.165) is 16.8 Å². The van der Waals surface area contributed by atoms with Crippen LogP contribution in [0.2, 0.25) is 0 Å². The molecule has 170 valence electrons. The van der Waals surface area contributed by atoms with E-state index in [1.54, 1.807) is 13.0 Å². The standard InChI is InChI=1S/C23H27N3O5S/c1-14-4-5-15(2)19(12-14)24-23(28)17-8-10-26(11-9-17)32(29,30)18-6-7-21-20(13-18)25-22(27)16(3)31-21/h4-7,12-13,16-17H,8-11H2,1-3H3,(H,24,28)(H,25,27)/t16-/m1/s1. The van der Waals surface area contributed by atoms with Crippen molar-refractivity contribution in [1.82, 2.24) is 4.31 Å². The Bertz CT molecular complexity index is 1170. The number of fused-ring (bicyclic) bond motifs is 1. The van der Waals surface area contributed by atoms with Gasteiger partial charge in [-0.15, -0.1) is 0 Å². The Labute approximate surface area is 188 Å². The summed E-state index contributed by atoms with van der Waals surface area (Å²) in [5.41, 5.74) is 3.18. The van der Waals surface area contributed by atoms with Crippen molar-refractivity contribution in [3.05, 3.63) is 47.5 Å². The van der Waals surface area contributed by atoms with Crippen molar-refractivity contribution >= 4 is 33.2 Å². The smallest absolute Gasteiger partial charge is 0.265 e. The van der Waals surface area contributed by atoms with E-state index in [4.69, 9.17) is 4.74 Å². The Morgan fingerprint density at radius 2 is 1.84 bits per heavy atom. The zero-order valence-electron chi connectivity index (χ0n) is 18.3. The van der Waals surface area contributed by atoms with Gasteiger partial charge in [0.2, 0.25) is 15.9 Å². The number of nitrogens with one attached hydrogen (secondary N) is 2. The van der Waals surface area contributed by atoms with Gasteiger partial charge in [-0.1, -0.05) is 12.1 Å². The summed E-state index contributed by atoms with van der Waals surface area (Å²) >= 11 is 0. The quantitative estimate of drug-likeness (QED) is 0.734. The molecule has 0 aliphatic carbocycles. The van der Waals surface area contributed by atoms with Gasteiger partial charge in [0.1, 0.15) is 5.75 Å². The molecule has 0 saturated carbocycles. The fourth-order valence-corrected chi connectivity index (χ4v) is 5.46. The molecule has 9 heteroatoms. The van der Waals surface area contributed by atoms with Crippen LogP contribution >= 0.6 is 0 Å². The lowest BCUT2D eigenvalue weighted by molar-refractivity contribution is -0.123. The van der Waals surface area contributed by atoms with E-state index in [1.807, 2.05) is 32.0 Å². The molecular weight excluding hydrogens is 430 g/mol. The lowest BCUT2D eigenvalue weighted by atomic mass is 9.97. The molecule has 2 N–H and O–H groups in total. The minimum absolute atomic E-state index is 0.0847. The first-order chi connectivity index (χ1) is 15.1. The molecule has 2 aromatic carbocycles. The highest BCUT2D eigenvalue weighted by molar-refractivity contribution is 7.89. The highest BCUT2D eigenvalue weighted by Gasteiger charge is 2.33. The maximum Gasteiger partial charge on any atom is 0.265 e. The largest absolute Gasteiger partial charge is 0.479 e. The van der Waals surface area contributed by atoms with Gasteiger partial charge in [0.05, 0.1) is 10.6 Å². The van der Waals surface area contributed by atoms with Gasteiger partial charge in [-0.05, 0) is 69.0 Å². The molecule has 1 fully saturated rings. The molecular formula is C23H27N3O5S. The number of sulfonamides is 1. The van der Waals surface area contributed by atoms with Crippen molar-refractivity contribution in [3.8, 4) is 5.75 Å². The van der Waals surface area contributed by atoms with Crippen molar-refractivity contribution in [2.45, 2.75) is 44.6 Å². The van der Waals surface area contributed by atoms with Crippen LogP contribution in [0.5, 0.6) is 5.75 Å². The van der Waals surface area contributed by atoms with Gasteiger partial charge in [0, 0.05) is 24.7 Å². The average molecular weight is 458 g/mol. The van der Waals surface area contributed by atoms with Crippen LogP contribution in [0.3, 0.4) is 0 Å². The summed E-state index contributed by atoms with van der Waals surface area (Å²) in [4.78, 5) is 24.7. The summed E-state index contributed by atoms with van der Waals surface area (Å²) in [6.07, 6.45) is 0.259. The number of piperidine rings is 1. The molecule has 2 amide bonds. The summed E-state index contributed by atoms with van der Waals surface area (Å²) < 4.78 is 33.2. The molecule has 0 radical (unpaired) electrons. The number of anilines is 2. The SMILES string of the molecule is Cc1ccc(C)c(NC(=O)C2CCN(S(=O)(=O)c3ccc4c(c3)NC(=O)[C@@H](C)O4)CC2)c1. The van der Waals surface area contributed by atoms with Crippen molar-refractivity contribution < 1.29 is 22.7 Å². The van der Waals surface area contributed by atoms with Gasteiger partial charge in [-0.3, -0.25) is 9.59 Å². The van der Waals surface area contributed by atoms with Crippen LogP contribution in [0.25, 0.3) is 0 Å². The molecule has 1 atom stereocenters. The highest BCUT2D eigenvalue weighted by atomic mass is 32.2. The molecule has 2 heterocycles. The molecule has 2 aromatic rings. The van der Waals surface area contributed by atoms with Gasteiger partial charge in [0.25, 0.3) is 5.91 Å². The fourth-order valence-electron chi connectivity index (χ4n) is 3.96. The number of carbonyl (C=O) groups is 2. The molecule has 1 saturated heterocycles. The van der Waals surface area contributed by atoms with E-state index >= 15 is 0 Å². The predicted octanol–water partition coefficient (Wildman–Crippen LogP) is 3.06. The first-order valence-corrected chi connectivity index (χ1v) is 12.1. The van der Waals surface area contributed by atoms with Crippen LogP contribution in [0.1, 0.15) is 30.9 Å². The van der Waals surface area contributed by atoms with Crippen LogP contribution in [-0.2, 0) is 19.6 Å². The van der Waals surface area contributed by atoms with Gasteiger partial charge < -0.3 is 15.4 Å². The molecule has 0 aromatic heterocycles. The zero-order chi connectivity index (χ0) is 23.0. The number of aryl methyl sites for hydroxylation is 2. The molecule has 0 unspecified atom stereocenters. The zero-order valence-corrected chi connectivity index (χ0v) is 19.2. The number of amides is 2. The normalized spacial score (nSPS) is 19.6. The van der Waals surface area contributed by atoms with Crippen LogP contribution in [0.4, 0.5) is 11.4 Å². The van der Waals surface area contributed by atoms with Gasteiger partial charge in [0.15, 0.2) is 6.10 Å². The van der Waals surface area contributed by atoms with Gasteiger partial charge >= 0.3 is 0 Å². The second kappa shape index (κ2) is 8.55. The average Bonchev–Trinajstić information content (AvgIpc) is 2.76. The molecule has 2 aliphatic heterocycles. The molecule has 0 bridgehead atoms. The summed E-state index contributed by atoms with van der Waals surface area (Å²) in [5.74, 6) is -0.210. The molecule has 4 rings (SSSR count). The maximum atomic E-state index is 13.1. The lowest BCUT2D eigenvalue weighted by Crippen LogP contribution is -2.41. The second-order valence-corrected chi connectivity index (χ2v) is 10.3. The Morgan fingerprint density at radius 1 is 1.12 bits per heavy atom. The lowest BCUT2D eigenvalue weighted by Gasteiger charge is -2.31. The minimum Gasteiger partial charge on any atom is -0.479 e. The summed E-state index contributed by atoms with van der Waals surface area (Å²) in [6, 6.07) is 10.4. The number of ether oxygens (including phenoxy) is 1. The predicted molar refractivity (Wildman–Crippen MR) is 121 cm³/mol. The van der Waals surface area contributed by atoms with Crippen LogP contribution in [-0.4, -0.2) is 43.7 Å². The third-order valence-corrected chi connectivity index (χ3v) is 7.89. The third-order valence-electron chi connectivity index (χ3n) is 6.00. The van der Waals surface area contributed by atoms with Crippen molar-refractivity contribution in [2.24, 2.45) is 5.92 Å². The number of benzene rings is 2. The van der Waals surface area contributed by atoms with E-state index in [1.165, 1.54) is 16.4 Å². The Balaban J connectivity index is 1.42. The van der Waals surface area contributed by atoms with E-state index < -0.39 is 16.1 Å². The number of hydrogen-bond acceptors (Lipinski definition) is 5. The maximum absolute atomic E-state index is 13.1. The first kappa shape index (κ1) is 22.3.